The van der Waals surface area contributed by atoms with Gasteiger partial charge in [-0.1, -0.05) is 11.2 Å². The molecular weight excluding hydrogens is 288 g/mol. The predicted molar refractivity (Wildman–Crippen MR) is 73.1 cm³/mol. The minimum Gasteiger partial charge on any atom is -0.486 e. The summed E-state index contributed by atoms with van der Waals surface area (Å²) >= 11 is 0. The molecular formula is C14H10N4O4. The Morgan fingerprint density at radius 2 is 2.18 bits per heavy atom. The van der Waals surface area contributed by atoms with E-state index in [-0.39, 0.29) is 18.1 Å². The fraction of sp³-hybridized carbons (Fsp3) is 0.0714. The minimum absolute atomic E-state index is 0.0708. The average molecular weight is 298 g/mol. The topological polar surface area (TPSA) is 111 Å². The number of rotatable bonds is 5. The summed E-state index contributed by atoms with van der Waals surface area (Å²) in [6.45, 7) is 0.0708. The highest BCUT2D eigenvalue weighted by Crippen LogP contribution is 2.22. The zero-order valence-electron chi connectivity index (χ0n) is 11.2. The summed E-state index contributed by atoms with van der Waals surface area (Å²) in [7, 11) is 0. The van der Waals surface area contributed by atoms with Gasteiger partial charge in [-0.25, -0.2) is 4.79 Å². The van der Waals surface area contributed by atoms with Crippen molar-refractivity contribution in [2.45, 2.75) is 6.61 Å². The molecule has 110 valence electrons. The monoisotopic (exact) mass is 298 g/mol. The van der Waals surface area contributed by atoms with E-state index in [1.54, 1.807) is 18.3 Å². The average Bonchev–Trinajstić information content (AvgIpc) is 3.02. The molecule has 0 fully saturated rings. The van der Waals surface area contributed by atoms with E-state index in [0.29, 0.717) is 17.0 Å². The van der Waals surface area contributed by atoms with Crippen LogP contribution in [0.1, 0.15) is 16.1 Å². The van der Waals surface area contributed by atoms with Gasteiger partial charge in [-0.15, -0.1) is 5.10 Å². The molecule has 0 aliphatic carbocycles. The van der Waals surface area contributed by atoms with Crippen molar-refractivity contribution in [2.75, 3.05) is 0 Å². The Labute approximate surface area is 124 Å². The Bertz CT molecular complexity index is 788. The molecule has 3 rings (SSSR count). The van der Waals surface area contributed by atoms with Gasteiger partial charge in [-0.3, -0.25) is 4.98 Å². The van der Waals surface area contributed by atoms with Crippen molar-refractivity contribution in [3.05, 3.63) is 54.2 Å². The second-order valence-corrected chi connectivity index (χ2v) is 4.24. The van der Waals surface area contributed by atoms with Crippen LogP contribution in [0.4, 0.5) is 0 Å². The standard InChI is InChI=1S/C14H10N4O4/c19-14(20)13-11(4-6-16-17-13)21-7-9-8-22-18-12(9)10-3-1-2-5-15-10/h1-6,8H,7H2,(H,19,20). The van der Waals surface area contributed by atoms with Crippen LogP contribution in [-0.2, 0) is 6.61 Å². The number of carboxylic acid groups (broad SMARTS) is 1. The lowest BCUT2D eigenvalue weighted by molar-refractivity contribution is 0.0683. The first-order valence-corrected chi connectivity index (χ1v) is 6.28. The number of aromatic carboxylic acids is 1. The molecule has 1 N–H and O–H groups in total. The number of hydrogen-bond donors (Lipinski definition) is 1. The lowest BCUT2D eigenvalue weighted by Gasteiger charge is -2.06. The van der Waals surface area contributed by atoms with Gasteiger partial charge in [-0.2, -0.15) is 5.10 Å². The quantitative estimate of drug-likeness (QED) is 0.759. The highest BCUT2D eigenvalue weighted by atomic mass is 16.5. The van der Waals surface area contributed by atoms with Crippen molar-refractivity contribution >= 4 is 5.97 Å². The predicted octanol–water partition coefficient (Wildman–Crippen LogP) is 1.80. The molecule has 0 saturated carbocycles. The smallest absolute Gasteiger partial charge is 0.360 e. The number of ether oxygens (including phenoxy) is 1. The van der Waals surface area contributed by atoms with E-state index in [1.807, 2.05) is 6.07 Å². The SMILES string of the molecule is O=C(O)c1nnccc1OCc1conc1-c1ccccn1. The lowest BCUT2D eigenvalue weighted by Crippen LogP contribution is -2.07. The second kappa shape index (κ2) is 6.00. The third kappa shape index (κ3) is 2.75. The lowest BCUT2D eigenvalue weighted by atomic mass is 10.2. The van der Waals surface area contributed by atoms with Crippen LogP contribution in [0.25, 0.3) is 11.4 Å². The van der Waals surface area contributed by atoms with Gasteiger partial charge in [0.1, 0.15) is 18.6 Å². The highest BCUT2D eigenvalue weighted by Gasteiger charge is 2.16. The third-order valence-corrected chi connectivity index (χ3v) is 2.82. The first-order chi connectivity index (χ1) is 10.8. The molecule has 0 spiro atoms. The van der Waals surface area contributed by atoms with E-state index < -0.39 is 5.97 Å². The van der Waals surface area contributed by atoms with Crippen LogP contribution in [0, 0.1) is 0 Å². The molecule has 0 amide bonds. The summed E-state index contributed by atoms with van der Waals surface area (Å²) in [6.07, 6.45) is 4.43. The van der Waals surface area contributed by atoms with Crippen molar-refractivity contribution < 1.29 is 19.2 Å². The summed E-state index contributed by atoms with van der Waals surface area (Å²) in [6, 6.07) is 6.85. The van der Waals surface area contributed by atoms with Crippen LogP contribution >= 0.6 is 0 Å². The van der Waals surface area contributed by atoms with Gasteiger partial charge >= 0.3 is 5.97 Å². The van der Waals surface area contributed by atoms with Crippen molar-refractivity contribution in [2.24, 2.45) is 0 Å². The molecule has 0 aromatic carbocycles. The Kier molecular flexibility index (Phi) is 3.73. The second-order valence-electron chi connectivity index (χ2n) is 4.24. The maximum atomic E-state index is 11.0. The van der Waals surface area contributed by atoms with Crippen LogP contribution in [-0.4, -0.2) is 31.4 Å². The third-order valence-electron chi connectivity index (χ3n) is 2.82. The number of nitrogens with zero attached hydrogens (tertiary/aromatic N) is 4. The molecule has 3 aromatic rings. The number of aromatic nitrogens is 4. The molecule has 8 nitrogen and oxygen atoms in total. The van der Waals surface area contributed by atoms with Crippen LogP contribution in [0.2, 0.25) is 0 Å². The van der Waals surface area contributed by atoms with Gasteiger partial charge in [0.2, 0.25) is 5.69 Å². The molecule has 0 aliphatic heterocycles. The molecule has 3 aromatic heterocycles. The van der Waals surface area contributed by atoms with Crippen molar-refractivity contribution in [1.82, 2.24) is 20.3 Å². The minimum atomic E-state index is -1.21. The molecule has 0 radical (unpaired) electrons. The Morgan fingerprint density at radius 1 is 1.27 bits per heavy atom. The summed E-state index contributed by atoms with van der Waals surface area (Å²) in [5.41, 5.74) is 1.57. The van der Waals surface area contributed by atoms with Crippen molar-refractivity contribution in [3.8, 4) is 17.1 Å². The van der Waals surface area contributed by atoms with Gasteiger partial charge in [-0.05, 0) is 12.1 Å². The summed E-state index contributed by atoms with van der Waals surface area (Å²) in [4.78, 5) is 15.2. The maximum Gasteiger partial charge on any atom is 0.360 e. The molecule has 3 heterocycles. The van der Waals surface area contributed by atoms with Gasteiger partial charge in [0.05, 0.1) is 17.5 Å². The Morgan fingerprint density at radius 3 is 2.95 bits per heavy atom. The molecule has 22 heavy (non-hydrogen) atoms. The van der Waals surface area contributed by atoms with Crippen LogP contribution < -0.4 is 4.74 Å². The first kappa shape index (κ1) is 13.7. The fourth-order valence-corrected chi connectivity index (χ4v) is 1.81. The maximum absolute atomic E-state index is 11.0. The molecule has 0 saturated heterocycles. The molecule has 0 aliphatic rings. The number of hydrogen-bond acceptors (Lipinski definition) is 7. The van der Waals surface area contributed by atoms with E-state index in [9.17, 15) is 4.79 Å². The highest BCUT2D eigenvalue weighted by molar-refractivity contribution is 5.88. The summed E-state index contributed by atoms with van der Waals surface area (Å²) in [5, 5.41) is 20.0. The van der Waals surface area contributed by atoms with Gasteiger partial charge < -0.3 is 14.4 Å². The molecule has 0 unspecified atom stereocenters. The van der Waals surface area contributed by atoms with E-state index in [4.69, 9.17) is 14.4 Å². The molecule has 0 atom stereocenters. The number of carboxylic acids is 1. The Balaban J connectivity index is 1.82. The first-order valence-electron chi connectivity index (χ1n) is 6.28. The van der Waals surface area contributed by atoms with Crippen LogP contribution in [0.3, 0.4) is 0 Å². The van der Waals surface area contributed by atoms with Crippen LogP contribution in [0.15, 0.2) is 47.4 Å². The fourth-order valence-electron chi connectivity index (χ4n) is 1.81. The van der Waals surface area contributed by atoms with E-state index in [0.717, 1.165) is 0 Å². The Hall–Kier alpha value is -3.29. The molecule has 0 bridgehead atoms. The van der Waals surface area contributed by atoms with Gasteiger partial charge in [0.25, 0.3) is 0 Å². The molecule has 8 heteroatoms. The van der Waals surface area contributed by atoms with E-state index in [2.05, 4.69) is 20.3 Å². The zero-order valence-corrected chi connectivity index (χ0v) is 11.2. The number of carbonyl (C=O) groups is 1. The van der Waals surface area contributed by atoms with Crippen molar-refractivity contribution in [3.63, 3.8) is 0 Å². The summed E-state index contributed by atoms with van der Waals surface area (Å²) < 4.78 is 10.4. The summed E-state index contributed by atoms with van der Waals surface area (Å²) in [5.74, 6) is -1.09. The van der Waals surface area contributed by atoms with Crippen LogP contribution in [0.5, 0.6) is 5.75 Å². The van der Waals surface area contributed by atoms with E-state index in [1.165, 1.54) is 18.5 Å². The number of pyridine rings is 1. The van der Waals surface area contributed by atoms with Crippen molar-refractivity contribution in [1.29, 1.82) is 0 Å². The van der Waals surface area contributed by atoms with Gasteiger partial charge in [0.15, 0.2) is 5.75 Å². The van der Waals surface area contributed by atoms with Gasteiger partial charge in [0, 0.05) is 12.3 Å². The zero-order chi connectivity index (χ0) is 15.4. The largest absolute Gasteiger partial charge is 0.486 e. The normalized spacial score (nSPS) is 10.4. The van der Waals surface area contributed by atoms with E-state index >= 15 is 0 Å².